The maximum Gasteiger partial charge on any atom is 0.326 e. The zero-order valence-electron chi connectivity index (χ0n) is 19.3. The Morgan fingerprint density at radius 2 is 1.65 bits per heavy atom. The van der Waals surface area contributed by atoms with E-state index in [-0.39, 0.29) is 25.3 Å². The van der Waals surface area contributed by atoms with Crippen molar-refractivity contribution in [2.24, 2.45) is 11.7 Å². The van der Waals surface area contributed by atoms with Gasteiger partial charge in [-0.05, 0) is 24.3 Å². The maximum atomic E-state index is 13.2. The summed E-state index contributed by atoms with van der Waals surface area (Å²) in [4.78, 5) is 62.7. The van der Waals surface area contributed by atoms with E-state index in [0.29, 0.717) is 6.42 Å². The Morgan fingerprint density at radius 1 is 1.03 bits per heavy atom. The fourth-order valence-corrected chi connectivity index (χ4v) is 3.76. The average Bonchev–Trinajstić information content (AvgIpc) is 3.27. The van der Waals surface area contributed by atoms with E-state index >= 15 is 0 Å². The molecule has 0 spiro atoms. The van der Waals surface area contributed by atoms with Crippen molar-refractivity contribution in [1.82, 2.24) is 15.5 Å². The SMILES string of the molecule is CC(C)C(N)C(=O)NC(Cc1ccccc1)C(=O)NC(CC(=O)O)C(=O)N1CCCC1C(=O)O. The van der Waals surface area contributed by atoms with E-state index in [1.165, 1.54) is 0 Å². The lowest BCUT2D eigenvalue weighted by Crippen LogP contribution is -2.58. The van der Waals surface area contributed by atoms with Crippen LogP contribution in [0.1, 0.15) is 38.7 Å². The number of hydrogen-bond acceptors (Lipinski definition) is 6. The Bertz CT molecular complexity index is 906. The van der Waals surface area contributed by atoms with Crippen molar-refractivity contribution in [3.63, 3.8) is 0 Å². The second-order valence-electron chi connectivity index (χ2n) is 8.71. The summed E-state index contributed by atoms with van der Waals surface area (Å²) in [5, 5.41) is 23.7. The molecule has 1 saturated heterocycles. The van der Waals surface area contributed by atoms with Gasteiger partial charge in [-0.1, -0.05) is 44.2 Å². The molecule has 11 heteroatoms. The maximum absolute atomic E-state index is 13.2. The summed E-state index contributed by atoms with van der Waals surface area (Å²) in [6.07, 6.45) is 0.0500. The van der Waals surface area contributed by atoms with Gasteiger partial charge >= 0.3 is 11.9 Å². The smallest absolute Gasteiger partial charge is 0.326 e. The predicted octanol–water partition coefficient (Wildman–Crippen LogP) is -0.268. The van der Waals surface area contributed by atoms with E-state index in [2.05, 4.69) is 10.6 Å². The molecule has 1 fully saturated rings. The molecule has 6 N–H and O–H groups in total. The number of nitrogens with zero attached hydrogens (tertiary/aromatic N) is 1. The van der Waals surface area contributed by atoms with Crippen molar-refractivity contribution in [1.29, 1.82) is 0 Å². The Labute approximate surface area is 197 Å². The molecule has 0 radical (unpaired) electrons. The molecule has 1 aromatic rings. The van der Waals surface area contributed by atoms with Gasteiger partial charge in [0.15, 0.2) is 0 Å². The number of carboxylic acid groups (broad SMARTS) is 2. The number of aliphatic carboxylic acids is 2. The minimum absolute atomic E-state index is 0.0820. The number of benzene rings is 1. The number of carbonyl (C=O) groups excluding carboxylic acids is 3. The molecule has 0 bridgehead atoms. The average molecular weight is 477 g/mol. The third kappa shape index (κ3) is 7.27. The van der Waals surface area contributed by atoms with E-state index in [0.717, 1.165) is 10.5 Å². The van der Waals surface area contributed by atoms with E-state index in [1.807, 2.05) is 0 Å². The second-order valence-corrected chi connectivity index (χ2v) is 8.71. The molecule has 1 heterocycles. The van der Waals surface area contributed by atoms with Crippen LogP contribution in [0.5, 0.6) is 0 Å². The van der Waals surface area contributed by atoms with Crippen LogP contribution in [0.2, 0.25) is 0 Å². The lowest BCUT2D eigenvalue weighted by Gasteiger charge is -2.28. The van der Waals surface area contributed by atoms with E-state index in [1.54, 1.807) is 44.2 Å². The fraction of sp³-hybridized carbons (Fsp3) is 0.522. The van der Waals surface area contributed by atoms with Crippen LogP contribution >= 0.6 is 0 Å². The quantitative estimate of drug-likeness (QED) is 0.289. The third-order valence-electron chi connectivity index (χ3n) is 5.75. The molecule has 4 atom stereocenters. The number of amides is 3. The Kier molecular flexibility index (Phi) is 9.55. The molecule has 0 saturated carbocycles. The van der Waals surface area contributed by atoms with Crippen molar-refractivity contribution in [3.8, 4) is 0 Å². The summed E-state index contributed by atoms with van der Waals surface area (Å²) in [5.41, 5.74) is 6.63. The molecule has 4 unspecified atom stereocenters. The molecular formula is C23H32N4O7. The van der Waals surface area contributed by atoms with Crippen molar-refractivity contribution >= 4 is 29.7 Å². The molecule has 2 rings (SSSR count). The third-order valence-corrected chi connectivity index (χ3v) is 5.75. The first-order chi connectivity index (χ1) is 16.0. The van der Waals surface area contributed by atoms with Crippen molar-refractivity contribution < 1.29 is 34.2 Å². The molecule has 186 valence electrons. The first kappa shape index (κ1) is 26.8. The van der Waals surface area contributed by atoms with Gasteiger partial charge in [0, 0.05) is 13.0 Å². The Balaban J connectivity index is 2.25. The standard InChI is InChI=1S/C23H32N4O7/c1-13(2)19(24)21(31)25-15(11-14-7-4-3-5-8-14)20(30)26-16(12-18(28)29)22(32)27-10-6-9-17(27)23(33)34/h3-5,7-8,13,15-17,19H,6,9-12,24H2,1-2H3,(H,25,31)(H,26,30)(H,28,29)(H,33,34). The van der Waals surface area contributed by atoms with Gasteiger partial charge in [0.1, 0.15) is 18.1 Å². The largest absolute Gasteiger partial charge is 0.481 e. The van der Waals surface area contributed by atoms with Gasteiger partial charge in [-0.25, -0.2) is 4.79 Å². The minimum atomic E-state index is -1.49. The van der Waals surface area contributed by atoms with Crippen molar-refractivity contribution in [2.75, 3.05) is 6.54 Å². The van der Waals surface area contributed by atoms with Crippen LogP contribution in [0, 0.1) is 5.92 Å². The van der Waals surface area contributed by atoms with Crippen molar-refractivity contribution in [2.45, 2.75) is 63.7 Å². The first-order valence-corrected chi connectivity index (χ1v) is 11.2. The van der Waals surface area contributed by atoms with Crippen LogP contribution < -0.4 is 16.4 Å². The van der Waals surface area contributed by atoms with Gasteiger partial charge in [-0.15, -0.1) is 0 Å². The topological polar surface area (TPSA) is 179 Å². The number of likely N-dealkylation sites (tertiary alicyclic amines) is 1. The number of carboxylic acids is 2. The highest BCUT2D eigenvalue weighted by Gasteiger charge is 2.39. The summed E-state index contributed by atoms with van der Waals surface area (Å²) >= 11 is 0. The highest BCUT2D eigenvalue weighted by atomic mass is 16.4. The molecular weight excluding hydrogens is 444 g/mol. The van der Waals surface area contributed by atoms with Crippen LogP contribution in [-0.2, 0) is 30.4 Å². The lowest BCUT2D eigenvalue weighted by atomic mass is 10.0. The highest BCUT2D eigenvalue weighted by Crippen LogP contribution is 2.19. The first-order valence-electron chi connectivity index (χ1n) is 11.2. The van der Waals surface area contributed by atoms with Crippen LogP contribution in [0.25, 0.3) is 0 Å². The number of hydrogen-bond donors (Lipinski definition) is 5. The molecule has 1 aromatic carbocycles. The summed E-state index contributed by atoms with van der Waals surface area (Å²) in [6, 6.07) is 4.28. The van der Waals surface area contributed by atoms with E-state index in [9.17, 15) is 34.2 Å². The van der Waals surface area contributed by atoms with Crippen LogP contribution in [-0.4, -0.2) is 75.5 Å². The summed E-state index contributed by atoms with van der Waals surface area (Å²) in [5.74, 6) is -4.83. The number of rotatable bonds is 11. The summed E-state index contributed by atoms with van der Waals surface area (Å²) in [6.45, 7) is 3.66. The molecule has 3 amide bonds. The summed E-state index contributed by atoms with van der Waals surface area (Å²) in [7, 11) is 0. The molecule has 34 heavy (non-hydrogen) atoms. The number of nitrogens with one attached hydrogen (secondary N) is 2. The summed E-state index contributed by atoms with van der Waals surface area (Å²) < 4.78 is 0. The second kappa shape index (κ2) is 12.1. The number of carbonyl (C=O) groups is 5. The van der Waals surface area contributed by atoms with Gasteiger partial charge in [0.2, 0.25) is 17.7 Å². The van der Waals surface area contributed by atoms with Gasteiger partial charge < -0.3 is 31.5 Å². The van der Waals surface area contributed by atoms with Gasteiger partial charge in [-0.2, -0.15) is 0 Å². The lowest BCUT2D eigenvalue weighted by molar-refractivity contribution is -0.150. The zero-order chi connectivity index (χ0) is 25.4. The molecule has 11 nitrogen and oxygen atoms in total. The van der Waals surface area contributed by atoms with Gasteiger partial charge in [0.05, 0.1) is 12.5 Å². The van der Waals surface area contributed by atoms with Crippen LogP contribution in [0.4, 0.5) is 0 Å². The van der Waals surface area contributed by atoms with Gasteiger partial charge in [0.25, 0.3) is 0 Å². The molecule has 0 aromatic heterocycles. The van der Waals surface area contributed by atoms with Crippen molar-refractivity contribution in [3.05, 3.63) is 35.9 Å². The minimum Gasteiger partial charge on any atom is -0.481 e. The van der Waals surface area contributed by atoms with E-state index in [4.69, 9.17) is 5.73 Å². The molecule has 1 aliphatic rings. The van der Waals surface area contributed by atoms with Gasteiger partial charge in [-0.3, -0.25) is 19.2 Å². The van der Waals surface area contributed by atoms with Crippen LogP contribution in [0.3, 0.4) is 0 Å². The normalized spacial score (nSPS) is 18.1. The Hall–Kier alpha value is -3.47. The monoisotopic (exact) mass is 476 g/mol. The highest BCUT2D eigenvalue weighted by molar-refractivity contribution is 5.96. The predicted molar refractivity (Wildman–Crippen MR) is 121 cm³/mol. The zero-order valence-corrected chi connectivity index (χ0v) is 19.3. The number of nitrogens with two attached hydrogens (primary N) is 1. The Morgan fingerprint density at radius 3 is 2.21 bits per heavy atom. The molecule has 1 aliphatic heterocycles. The van der Waals surface area contributed by atoms with E-state index < -0.39 is 60.2 Å². The molecule has 0 aliphatic carbocycles. The van der Waals surface area contributed by atoms with Crippen LogP contribution in [0.15, 0.2) is 30.3 Å². The fourth-order valence-electron chi connectivity index (χ4n) is 3.76.